The Labute approximate surface area is 230 Å². The number of nitrogens with zero attached hydrogens (tertiary/aromatic N) is 4. The summed E-state index contributed by atoms with van der Waals surface area (Å²) in [4.78, 5) is 44.0. The summed E-state index contributed by atoms with van der Waals surface area (Å²) in [7, 11) is 4.92. The lowest BCUT2D eigenvalue weighted by Crippen LogP contribution is -2.76. The molecule has 2 heterocycles. The number of likely N-dealkylation sites (N-methyl/N-ethyl adjacent to an activating group) is 1. The van der Waals surface area contributed by atoms with Crippen molar-refractivity contribution >= 4 is 17.8 Å². The van der Waals surface area contributed by atoms with Gasteiger partial charge in [0.05, 0.1) is 27.3 Å². The minimum Gasteiger partial charge on any atom is -0.493 e. The van der Waals surface area contributed by atoms with E-state index >= 15 is 0 Å². The van der Waals surface area contributed by atoms with Gasteiger partial charge in [-0.05, 0) is 35.6 Å². The van der Waals surface area contributed by atoms with Gasteiger partial charge in [-0.2, -0.15) is 0 Å². The minimum atomic E-state index is -0.634. The van der Waals surface area contributed by atoms with Gasteiger partial charge in [-0.3, -0.25) is 9.59 Å². The third-order valence-electron chi connectivity index (χ3n) is 7.67. The van der Waals surface area contributed by atoms with Gasteiger partial charge >= 0.3 is 6.03 Å². The molecule has 2 aromatic rings. The summed E-state index contributed by atoms with van der Waals surface area (Å²) in [5.41, 5.74) is 1.98. The summed E-state index contributed by atoms with van der Waals surface area (Å²) in [5, 5.41) is 6.24. The predicted octanol–water partition coefficient (Wildman–Crippen LogP) is 2.73. The first kappa shape index (κ1) is 28.2. The molecule has 4 rings (SSSR count). The normalized spacial score (nSPS) is 20.5. The zero-order valence-corrected chi connectivity index (χ0v) is 23.4. The number of carbonyl (C=O) groups excluding carboxylic acids is 3. The van der Waals surface area contributed by atoms with E-state index in [4.69, 9.17) is 9.47 Å². The molecule has 2 unspecified atom stereocenters. The first-order valence-corrected chi connectivity index (χ1v) is 13.4. The number of benzene rings is 2. The van der Waals surface area contributed by atoms with E-state index in [1.165, 1.54) is 0 Å². The molecule has 2 aliphatic heterocycles. The third-order valence-corrected chi connectivity index (χ3v) is 7.67. The van der Waals surface area contributed by atoms with Gasteiger partial charge in [0, 0.05) is 20.1 Å². The van der Waals surface area contributed by atoms with Crippen LogP contribution >= 0.6 is 0 Å². The number of urea groups is 1. The van der Waals surface area contributed by atoms with E-state index in [0.717, 1.165) is 17.5 Å². The van der Waals surface area contributed by atoms with E-state index in [-0.39, 0.29) is 36.9 Å². The van der Waals surface area contributed by atoms with E-state index in [1.54, 1.807) is 41.1 Å². The Bertz CT molecular complexity index is 1180. The zero-order chi connectivity index (χ0) is 28.1. The molecular weight excluding hydrogens is 498 g/mol. The maximum absolute atomic E-state index is 13.8. The highest BCUT2D eigenvalue weighted by Crippen LogP contribution is 2.31. The van der Waals surface area contributed by atoms with Crippen LogP contribution < -0.4 is 14.8 Å². The van der Waals surface area contributed by atoms with Gasteiger partial charge < -0.3 is 24.6 Å². The van der Waals surface area contributed by atoms with E-state index in [2.05, 4.69) is 5.32 Å². The molecule has 4 amide bonds. The molecule has 0 radical (unpaired) electrons. The van der Waals surface area contributed by atoms with E-state index < -0.39 is 12.2 Å². The van der Waals surface area contributed by atoms with Crippen LogP contribution in [0, 0.1) is 5.92 Å². The average Bonchev–Trinajstić information content (AvgIpc) is 2.95. The summed E-state index contributed by atoms with van der Waals surface area (Å²) >= 11 is 0. The number of rotatable bonds is 9. The second-order valence-corrected chi connectivity index (χ2v) is 10.1. The van der Waals surface area contributed by atoms with Crippen molar-refractivity contribution in [2.24, 2.45) is 5.92 Å². The van der Waals surface area contributed by atoms with Gasteiger partial charge in [0.2, 0.25) is 11.8 Å². The number of amides is 4. The first-order chi connectivity index (χ1) is 18.8. The Morgan fingerprint density at radius 1 is 1.05 bits per heavy atom. The van der Waals surface area contributed by atoms with Crippen molar-refractivity contribution in [3.8, 4) is 11.5 Å². The molecule has 0 aromatic heterocycles. The van der Waals surface area contributed by atoms with E-state index in [0.29, 0.717) is 31.0 Å². The van der Waals surface area contributed by atoms with Crippen molar-refractivity contribution in [3.05, 3.63) is 59.7 Å². The number of methoxy groups -OCH3 is 2. The number of nitrogens with one attached hydrogen (secondary N) is 1. The quantitative estimate of drug-likeness (QED) is 0.529. The van der Waals surface area contributed by atoms with E-state index in [9.17, 15) is 14.4 Å². The number of fused-ring (bicyclic) bond motifs is 1. The molecule has 10 heteroatoms. The minimum absolute atomic E-state index is 0.0289. The fraction of sp³-hybridized carbons (Fsp3) is 0.483. The molecule has 0 saturated carbocycles. The van der Waals surface area contributed by atoms with Crippen LogP contribution in [0.3, 0.4) is 0 Å². The maximum Gasteiger partial charge on any atom is 0.334 e. The lowest BCUT2D eigenvalue weighted by molar-refractivity contribution is -0.190. The Morgan fingerprint density at radius 2 is 1.77 bits per heavy atom. The van der Waals surface area contributed by atoms with Crippen molar-refractivity contribution < 1.29 is 23.9 Å². The predicted molar refractivity (Wildman–Crippen MR) is 147 cm³/mol. The Hall–Kier alpha value is -3.79. The van der Waals surface area contributed by atoms with Crippen LogP contribution in [0.4, 0.5) is 4.79 Å². The molecule has 0 aliphatic carbocycles. The van der Waals surface area contributed by atoms with Crippen molar-refractivity contribution in [1.82, 2.24) is 25.1 Å². The van der Waals surface area contributed by atoms with Crippen molar-refractivity contribution in [3.63, 3.8) is 0 Å². The number of hydrazine groups is 1. The largest absolute Gasteiger partial charge is 0.493 e. The third kappa shape index (κ3) is 5.95. The van der Waals surface area contributed by atoms with Crippen molar-refractivity contribution in [1.29, 1.82) is 0 Å². The molecule has 0 bridgehead atoms. The van der Waals surface area contributed by atoms with Crippen LogP contribution in [0.2, 0.25) is 0 Å². The van der Waals surface area contributed by atoms with Crippen LogP contribution in [-0.4, -0.2) is 90.8 Å². The average molecular weight is 538 g/mol. The van der Waals surface area contributed by atoms with Crippen LogP contribution in [0.25, 0.3) is 0 Å². The monoisotopic (exact) mass is 537 g/mol. The summed E-state index contributed by atoms with van der Waals surface area (Å²) in [6, 6.07) is 14.5. The summed E-state index contributed by atoms with van der Waals surface area (Å²) in [6.07, 6.45) is 0.719. The van der Waals surface area contributed by atoms with Gasteiger partial charge in [-0.1, -0.05) is 56.7 Å². The highest BCUT2D eigenvalue weighted by Gasteiger charge is 2.51. The van der Waals surface area contributed by atoms with Crippen LogP contribution in [0.15, 0.2) is 48.5 Å². The van der Waals surface area contributed by atoms with Crippen LogP contribution in [0.5, 0.6) is 11.5 Å². The second-order valence-electron chi connectivity index (χ2n) is 10.1. The van der Waals surface area contributed by atoms with Gasteiger partial charge in [-0.25, -0.2) is 14.8 Å². The SMILES string of the molecule is CC[C@@H](C)C1C(=O)N(CCc2ccc(OC)c(OC)c2)CC2N1C(=O)CN(C)N2C(=O)NCc1ccccc1. The van der Waals surface area contributed by atoms with Gasteiger partial charge in [0.25, 0.3) is 0 Å². The molecule has 3 atom stereocenters. The molecule has 2 fully saturated rings. The lowest BCUT2D eigenvalue weighted by atomic mass is 9.92. The Morgan fingerprint density at radius 3 is 2.44 bits per heavy atom. The molecule has 2 saturated heterocycles. The molecule has 1 N–H and O–H groups in total. The Kier molecular flexibility index (Phi) is 8.96. The summed E-state index contributed by atoms with van der Waals surface area (Å²) < 4.78 is 10.8. The summed E-state index contributed by atoms with van der Waals surface area (Å²) in [5.74, 6) is 0.981. The number of ether oxygens (including phenoxy) is 2. The molecule has 0 spiro atoms. The molecule has 210 valence electrons. The molecule has 10 nitrogen and oxygen atoms in total. The maximum atomic E-state index is 13.8. The zero-order valence-electron chi connectivity index (χ0n) is 23.4. The smallest absolute Gasteiger partial charge is 0.334 e. The van der Waals surface area contributed by atoms with Gasteiger partial charge in [0.1, 0.15) is 12.2 Å². The van der Waals surface area contributed by atoms with E-state index in [1.807, 2.05) is 62.4 Å². The number of hydrogen-bond donors (Lipinski definition) is 1. The number of carbonyl (C=O) groups is 3. The summed E-state index contributed by atoms with van der Waals surface area (Å²) in [6.45, 7) is 5.07. The highest BCUT2D eigenvalue weighted by molar-refractivity contribution is 5.91. The molecular formula is C29H39N5O5. The second kappa shape index (κ2) is 12.4. The van der Waals surface area contributed by atoms with Crippen molar-refractivity contribution in [2.45, 2.75) is 45.4 Å². The van der Waals surface area contributed by atoms with Crippen LogP contribution in [0.1, 0.15) is 31.4 Å². The highest BCUT2D eigenvalue weighted by atomic mass is 16.5. The number of hydrogen-bond acceptors (Lipinski definition) is 6. The van der Waals surface area contributed by atoms with Gasteiger partial charge in [0.15, 0.2) is 11.5 Å². The number of piperazine rings is 1. The molecule has 2 aromatic carbocycles. The lowest BCUT2D eigenvalue weighted by Gasteiger charge is -2.55. The van der Waals surface area contributed by atoms with Crippen molar-refractivity contribution in [2.75, 3.05) is 40.9 Å². The van der Waals surface area contributed by atoms with Crippen LogP contribution in [-0.2, 0) is 22.6 Å². The Balaban J connectivity index is 1.58. The molecule has 39 heavy (non-hydrogen) atoms. The fourth-order valence-electron chi connectivity index (χ4n) is 5.35. The van der Waals surface area contributed by atoms with Gasteiger partial charge in [-0.15, -0.1) is 0 Å². The topological polar surface area (TPSA) is 94.7 Å². The first-order valence-electron chi connectivity index (χ1n) is 13.4. The molecule has 2 aliphatic rings. The fourth-order valence-corrected chi connectivity index (χ4v) is 5.35. The standard InChI is InChI=1S/C29H39N5O5/c1-6-20(2)27-28(36)32(15-14-21-12-13-23(38-4)24(16-21)39-5)18-25-33(27)26(35)19-31(3)34(25)29(37)30-17-22-10-8-7-9-11-22/h7-13,16,20,25,27H,6,14-15,17-19H2,1-5H3,(H,30,37)/t20-,25?,27?/m1/s1.